The molecule has 2 bridgehead atoms. The number of hydrogen-bond acceptors (Lipinski definition) is 2. The summed E-state index contributed by atoms with van der Waals surface area (Å²) in [7, 11) is 0. The number of rotatable bonds is 1. The zero-order valence-corrected chi connectivity index (χ0v) is 12.0. The van der Waals surface area contributed by atoms with Crippen molar-refractivity contribution in [1.29, 1.82) is 0 Å². The van der Waals surface area contributed by atoms with Gasteiger partial charge in [-0.15, -0.1) is 0 Å². The molecule has 20 heavy (non-hydrogen) atoms. The Morgan fingerprint density at radius 1 is 1.40 bits per heavy atom. The molecule has 2 N–H and O–H groups in total. The maximum absolute atomic E-state index is 11.6. The van der Waals surface area contributed by atoms with Gasteiger partial charge in [0.1, 0.15) is 0 Å². The van der Waals surface area contributed by atoms with E-state index in [0.29, 0.717) is 5.92 Å². The van der Waals surface area contributed by atoms with Crippen molar-refractivity contribution in [2.24, 2.45) is 5.92 Å². The highest BCUT2D eigenvalue weighted by Gasteiger charge is 2.50. The van der Waals surface area contributed by atoms with Gasteiger partial charge in [-0.2, -0.15) is 0 Å². The van der Waals surface area contributed by atoms with Crippen LogP contribution in [0.1, 0.15) is 37.9 Å². The van der Waals surface area contributed by atoms with Crippen LogP contribution in [0.4, 0.5) is 0 Å². The van der Waals surface area contributed by atoms with Gasteiger partial charge in [0.2, 0.25) is 5.56 Å². The van der Waals surface area contributed by atoms with Gasteiger partial charge < -0.3 is 4.98 Å². The topological polar surface area (TPSA) is 44.9 Å². The van der Waals surface area contributed by atoms with Gasteiger partial charge in [-0.3, -0.25) is 10.1 Å². The van der Waals surface area contributed by atoms with Crippen LogP contribution in [0.2, 0.25) is 0 Å². The normalized spacial score (nSPS) is 30.9. The number of fused-ring (bicyclic) bond motifs is 1. The van der Waals surface area contributed by atoms with E-state index in [2.05, 4.69) is 30.2 Å². The van der Waals surface area contributed by atoms with Gasteiger partial charge in [-0.25, -0.2) is 0 Å². The highest BCUT2D eigenvalue weighted by Crippen LogP contribution is 2.53. The Balaban J connectivity index is 2.02. The second-order valence-electron chi connectivity index (χ2n) is 6.34. The first-order chi connectivity index (χ1) is 9.64. The zero-order chi connectivity index (χ0) is 13.9. The van der Waals surface area contributed by atoms with Crippen LogP contribution < -0.4 is 10.9 Å². The second-order valence-corrected chi connectivity index (χ2v) is 6.34. The van der Waals surface area contributed by atoms with Crippen molar-refractivity contribution in [3.05, 3.63) is 56.5 Å². The molecule has 0 amide bonds. The fourth-order valence-electron chi connectivity index (χ4n) is 4.50. The van der Waals surface area contributed by atoms with E-state index < -0.39 is 0 Å². The molecule has 1 aromatic rings. The van der Waals surface area contributed by atoms with Crippen LogP contribution >= 0.6 is 0 Å². The van der Waals surface area contributed by atoms with Crippen LogP contribution in [-0.2, 0) is 12.0 Å². The summed E-state index contributed by atoms with van der Waals surface area (Å²) in [4.78, 5) is 14.7. The Hall–Kier alpha value is -1.61. The Kier molecular flexibility index (Phi) is 2.40. The predicted molar refractivity (Wildman–Crippen MR) is 79.6 cm³/mol. The number of H-pyrrole nitrogens is 1. The molecule has 0 radical (unpaired) electrons. The number of hydrogen-bond donors (Lipinski definition) is 2. The Labute approximate surface area is 118 Å². The summed E-state index contributed by atoms with van der Waals surface area (Å²) in [6.07, 6.45) is 5.49. The van der Waals surface area contributed by atoms with E-state index in [0.717, 1.165) is 31.5 Å². The minimum Gasteiger partial charge on any atom is -0.326 e. The number of allylic oxidation sites excluding steroid dienone is 1. The van der Waals surface area contributed by atoms with Gasteiger partial charge in [-0.05, 0) is 43.4 Å². The molecule has 0 saturated heterocycles. The molecule has 0 saturated carbocycles. The smallest absolute Gasteiger partial charge is 0.248 e. The molecule has 3 aliphatic rings. The molecule has 2 aliphatic carbocycles. The summed E-state index contributed by atoms with van der Waals surface area (Å²) in [5, 5.41) is 3.77. The van der Waals surface area contributed by atoms with Crippen LogP contribution in [0.3, 0.4) is 0 Å². The first-order valence-corrected chi connectivity index (χ1v) is 7.51. The van der Waals surface area contributed by atoms with Crippen LogP contribution in [0.25, 0.3) is 0 Å². The molecule has 2 unspecified atom stereocenters. The number of pyridine rings is 1. The monoisotopic (exact) mass is 268 g/mol. The summed E-state index contributed by atoms with van der Waals surface area (Å²) in [6, 6.07) is 3.71. The van der Waals surface area contributed by atoms with Gasteiger partial charge in [0.05, 0.1) is 5.54 Å². The van der Waals surface area contributed by atoms with Crippen molar-refractivity contribution in [3.63, 3.8) is 0 Å². The van der Waals surface area contributed by atoms with E-state index in [9.17, 15) is 4.79 Å². The van der Waals surface area contributed by atoms with Crippen LogP contribution in [0.5, 0.6) is 0 Å². The molecule has 1 aliphatic heterocycles. The Bertz CT molecular complexity index is 710. The van der Waals surface area contributed by atoms with Crippen molar-refractivity contribution in [2.75, 3.05) is 6.54 Å². The van der Waals surface area contributed by atoms with E-state index in [-0.39, 0.29) is 11.1 Å². The minimum atomic E-state index is -0.0490. The maximum atomic E-state index is 11.6. The van der Waals surface area contributed by atoms with E-state index >= 15 is 0 Å². The molecule has 0 spiro atoms. The first-order valence-electron chi connectivity index (χ1n) is 7.51. The standard InChI is InChI=1S/C17H20N2O/c1-3-11-9-18-17-8-10(2)6-12(16(11)17)7-14-13(17)4-5-15(20)19-14/h4-6,12,18H,3,7-9H2,1-2H3,(H,19,20). The number of aromatic amines is 1. The third-order valence-corrected chi connectivity index (χ3v) is 5.16. The highest BCUT2D eigenvalue weighted by atomic mass is 16.1. The molecule has 4 rings (SSSR count). The van der Waals surface area contributed by atoms with E-state index in [1.54, 1.807) is 17.2 Å². The average molecular weight is 268 g/mol. The quantitative estimate of drug-likeness (QED) is 0.768. The second kappa shape index (κ2) is 3.95. The summed E-state index contributed by atoms with van der Waals surface area (Å²) in [5.41, 5.74) is 6.99. The molecule has 0 fully saturated rings. The molecule has 2 heterocycles. The largest absolute Gasteiger partial charge is 0.326 e. The molecule has 104 valence electrons. The average Bonchev–Trinajstić information content (AvgIpc) is 2.78. The molecule has 2 atom stereocenters. The van der Waals surface area contributed by atoms with E-state index in [1.807, 2.05) is 6.07 Å². The SMILES string of the molecule is CCC1=C2C3C=C(C)CC2(NC1)c1ccc(=O)[nH]c1C3. The van der Waals surface area contributed by atoms with Crippen LogP contribution in [-0.4, -0.2) is 11.5 Å². The van der Waals surface area contributed by atoms with Gasteiger partial charge in [0.15, 0.2) is 0 Å². The molecule has 0 aromatic carbocycles. The van der Waals surface area contributed by atoms with Crippen LogP contribution in [0, 0.1) is 5.92 Å². The van der Waals surface area contributed by atoms with Gasteiger partial charge in [0.25, 0.3) is 0 Å². The Morgan fingerprint density at radius 3 is 3.05 bits per heavy atom. The van der Waals surface area contributed by atoms with Gasteiger partial charge >= 0.3 is 0 Å². The summed E-state index contributed by atoms with van der Waals surface area (Å²) in [5.74, 6) is 0.458. The minimum absolute atomic E-state index is 0.0140. The first kappa shape index (κ1) is 12.2. The summed E-state index contributed by atoms with van der Waals surface area (Å²) in [6.45, 7) is 5.47. The predicted octanol–water partition coefficient (Wildman–Crippen LogP) is 2.40. The van der Waals surface area contributed by atoms with E-state index in [1.165, 1.54) is 11.1 Å². The lowest BCUT2D eigenvalue weighted by Crippen LogP contribution is -2.48. The van der Waals surface area contributed by atoms with Crippen LogP contribution in [0.15, 0.2) is 39.7 Å². The van der Waals surface area contributed by atoms with Crippen molar-refractivity contribution < 1.29 is 0 Å². The fourth-order valence-corrected chi connectivity index (χ4v) is 4.50. The number of nitrogens with one attached hydrogen (secondary N) is 2. The lowest BCUT2D eigenvalue weighted by Gasteiger charge is -2.45. The van der Waals surface area contributed by atoms with Gasteiger partial charge in [-0.1, -0.05) is 24.1 Å². The molecular weight excluding hydrogens is 248 g/mol. The lowest BCUT2D eigenvalue weighted by atomic mass is 9.63. The fraction of sp³-hybridized carbons (Fsp3) is 0.471. The van der Waals surface area contributed by atoms with E-state index in [4.69, 9.17) is 0 Å². The molecule has 3 nitrogen and oxygen atoms in total. The third-order valence-electron chi connectivity index (χ3n) is 5.16. The highest BCUT2D eigenvalue weighted by molar-refractivity contribution is 5.54. The Morgan fingerprint density at radius 2 is 2.25 bits per heavy atom. The van der Waals surface area contributed by atoms with Crippen molar-refractivity contribution >= 4 is 0 Å². The van der Waals surface area contributed by atoms with Crippen molar-refractivity contribution in [3.8, 4) is 0 Å². The maximum Gasteiger partial charge on any atom is 0.248 e. The number of aromatic nitrogens is 1. The zero-order valence-electron chi connectivity index (χ0n) is 12.0. The molecular formula is C17H20N2O. The third kappa shape index (κ3) is 1.41. The van der Waals surface area contributed by atoms with Gasteiger partial charge in [0, 0.05) is 24.2 Å². The molecule has 3 heteroatoms. The van der Waals surface area contributed by atoms with Crippen molar-refractivity contribution in [1.82, 2.24) is 10.3 Å². The summed E-state index contributed by atoms with van der Waals surface area (Å²) >= 11 is 0. The van der Waals surface area contributed by atoms with Crippen molar-refractivity contribution in [2.45, 2.75) is 38.6 Å². The summed E-state index contributed by atoms with van der Waals surface area (Å²) < 4.78 is 0. The lowest BCUT2D eigenvalue weighted by molar-refractivity contribution is 0.361. The molecule has 1 aromatic heterocycles.